The summed E-state index contributed by atoms with van der Waals surface area (Å²) in [7, 11) is 4.99. The fraction of sp³-hybridized carbons (Fsp3) is 0.286. The van der Waals surface area contributed by atoms with Crippen LogP contribution in [-0.2, 0) is 7.05 Å². The average molecular weight is 260 g/mol. The van der Waals surface area contributed by atoms with Crippen molar-refractivity contribution in [3.05, 3.63) is 29.7 Å². The Bertz CT molecular complexity index is 617. The Morgan fingerprint density at radius 1 is 1.26 bits per heavy atom. The van der Waals surface area contributed by atoms with Crippen LogP contribution in [0.1, 0.15) is 16.3 Å². The monoisotopic (exact) mass is 260 g/mol. The van der Waals surface area contributed by atoms with Crippen molar-refractivity contribution in [2.24, 2.45) is 7.05 Å². The summed E-state index contributed by atoms with van der Waals surface area (Å²) in [5.41, 5.74) is 1.86. The summed E-state index contributed by atoms with van der Waals surface area (Å²) in [5.74, 6) is 2.11. The molecule has 0 aliphatic heterocycles. The highest BCUT2D eigenvalue weighted by molar-refractivity contribution is 5.86. The van der Waals surface area contributed by atoms with Gasteiger partial charge in [0.25, 0.3) is 0 Å². The molecule has 0 fully saturated rings. The maximum atomic E-state index is 11.3. The van der Waals surface area contributed by atoms with E-state index in [0.29, 0.717) is 22.9 Å². The molecule has 5 nitrogen and oxygen atoms in total. The Balaban J connectivity index is 2.69. The Morgan fingerprint density at radius 2 is 2.00 bits per heavy atom. The lowest BCUT2D eigenvalue weighted by atomic mass is 10.1. The molecule has 0 aliphatic rings. The molecule has 0 saturated heterocycles. The second kappa shape index (κ2) is 5.14. The number of ether oxygens (including phenoxy) is 2. The number of methoxy groups -OCH3 is 2. The summed E-state index contributed by atoms with van der Waals surface area (Å²) in [5, 5.41) is 0. The smallest absolute Gasteiger partial charge is 0.168 e. The molecule has 0 saturated carbocycles. The Kier molecular flexibility index (Phi) is 3.55. The lowest BCUT2D eigenvalue weighted by Gasteiger charge is -2.09. The minimum Gasteiger partial charge on any atom is -0.497 e. The Morgan fingerprint density at radius 3 is 2.58 bits per heavy atom. The van der Waals surface area contributed by atoms with Crippen molar-refractivity contribution < 1.29 is 14.3 Å². The number of hydrogen-bond donors (Lipinski definition) is 0. The van der Waals surface area contributed by atoms with E-state index < -0.39 is 0 Å². The number of aryl methyl sites for hydroxylation is 1. The number of aromatic nitrogens is 2. The summed E-state index contributed by atoms with van der Waals surface area (Å²) in [6.07, 6.45) is 0.800. The molecule has 19 heavy (non-hydrogen) atoms. The maximum absolute atomic E-state index is 11.3. The van der Waals surface area contributed by atoms with Crippen LogP contribution in [0.4, 0.5) is 0 Å². The highest BCUT2D eigenvalue weighted by Crippen LogP contribution is 2.34. The third kappa shape index (κ3) is 2.19. The fourth-order valence-electron chi connectivity index (χ4n) is 1.96. The molecule has 0 amide bonds. The van der Waals surface area contributed by atoms with Crippen molar-refractivity contribution in [2.45, 2.75) is 6.92 Å². The molecule has 0 N–H and O–H groups in total. The zero-order valence-electron chi connectivity index (χ0n) is 11.4. The molecular formula is C14H16N2O3. The second-order valence-corrected chi connectivity index (χ2v) is 4.14. The number of carbonyl (C=O) groups excluding carboxylic acids is 1. The van der Waals surface area contributed by atoms with Crippen LogP contribution >= 0.6 is 0 Å². The minimum absolute atomic E-state index is 0.518. The number of nitrogens with zero attached hydrogens (tertiary/aromatic N) is 2. The van der Waals surface area contributed by atoms with Gasteiger partial charge in [-0.05, 0) is 25.1 Å². The standard InChI is InChI=1S/C14H16N2O3/c1-9-15-14(12(8-17)16(9)2)11-7-10(18-3)5-6-13(11)19-4/h5-8H,1-4H3. The normalized spacial score (nSPS) is 10.3. The predicted molar refractivity (Wildman–Crippen MR) is 71.9 cm³/mol. The van der Waals surface area contributed by atoms with Crippen molar-refractivity contribution in [3.63, 3.8) is 0 Å². The van der Waals surface area contributed by atoms with Crippen LogP contribution in [-0.4, -0.2) is 30.1 Å². The van der Waals surface area contributed by atoms with Crippen molar-refractivity contribution in [1.29, 1.82) is 0 Å². The first-order chi connectivity index (χ1) is 9.12. The molecule has 1 aromatic heterocycles. The molecule has 0 unspecified atom stereocenters. The zero-order chi connectivity index (χ0) is 14.0. The summed E-state index contributed by atoms with van der Waals surface area (Å²) < 4.78 is 12.3. The van der Waals surface area contributed by atoms with E-state index in [0.717, 1.165) is 17.7 Å². The summed E-state index contributed by atoms with van der Waals surface area (Å²) in [4.78, 5) is 15.7. The van der Waals surface area contributed by atoms with Gasteiger partial charge in [0.1, 0.15) is 28.7 Å². The number of imidazole rings is 1. The quantitative estimate of drug-likeness (QED) is 0.791. The van der Waals surface area contributed by atoms with Crippen LogP contribution in [0.3, 0.4) is 0 Å². The molecule has 2 aromatic rings. The zero-order valence-corrected chi connectivity index (χ0v) is 11.4. The predicted octanol–water partition coefficient (Wildman–Crippen LogP) is 2.23. The van der Waals surface area contributed by atoms with Gasteiger partial charge in [0.15, 0.2) is 6.29 Å². The second-order valence-electron chi connectivity index (χ2n) is 4.14. The number of rotatable bonds is 4. The van der Waals surface area contributed by atoms with Gasteiger partial charge in [0.2, 0.25) is 0 Å². The van der Waals surface area contributed by atoms with E-state index in [4.69, 9.17) is 9.47 Å². The number of hydrogen-bond acceptors (Lipinski definition) is 4. The van der Waals surface area contributed by atoms with Crippen LogP contribution in [0.15, 0.2) is 18.2 Å². The molecular weight excluding hydrogens is 244 g/mol. The molecule has 0 atom stereocenters. The van der Waals surface area contributed by atoms with E-state index >= 15 is 0 Å². The highest BCUT2D eigenvalue weighted by Gasteiger charge is 2.17. The summed E-state index contributed by atoms with van der Waals surface area (Å²) in [6.45, 7) is 1.85. The van der Waals surface area contributed by atoms with Gasteiger partial charge in [-0.3, -0.25) is 4.79 Å². The fourth-order valence-corrected chi connectivity index (χ4v) is 1.96. The molecule has 100 valence electrons. The maximum Gasteiger partial charge on any atom is 0.168 e. The van der Waals surface area contributed by atoms with Crippen molar-refractivity contribution in [1.82, 2.24) is 9.55 Å². The van der Waals surface area contributed by atoms with Gasteiger partial charge in [0.05, 0.1) is 14.2 Å². The van der Waals surface area contributed by atoms with E-state index in [1.54, 1.807) is 30.9 Å². The third-order valence-corrected chi connectivity index (χ3v) is 3.14. The lowest BCUT2D eigenvalue weighted by Crippen LogP contribution is -1.98. The van der Waals surface area contributed by atoms with Gasteiger partial charge in [-0.2, -0.15) is 0 Å². The Hall–Kier alpha value is -2.30. The molecule has 1 aromatic carbocycles. The lowest BCUT2D eigenvalue weighted by molar-refractivity contribution is 0.111. The highest BCUT2D eigenvalue weighted by atomic mass is 16.5. The first kappa shape index (κ1) is 13.1. The third-order valence-electron chi connectivity index (χ3n) is 3.14. The summed E-state index contributed by atoms with van der Waals surface area (Å²) in [6, 6.07) is 5.42. The first-order valence-corrected chi connectivity index (χ1v) is 5.83. The van der Waals surface area contributed by atoms with Gasteiger partial charge in [0, 0.05) is 12.6 Å². The van der Waals surface area contributed by atoms with E-state index in [9.17, 15) is 4.79 Å². The van der Waals surface area contributed by atoms with Gasteiger partial charge in [-0.15, -0.1) is 0 Å². The van der Waals surface area contributed by atoms with E-state index in [-0.39, 0.29) is 0 Å². The van der Waals surface area contributed by atoms with E-state index in [1.807, 2.05) is 20.0 Å². The molecule has 0 bridgehead atoms. The topological polar surface area (TPSA) is 53.4 Å². The average Bonchev–Trinajstić information content (AvgIpc) is 2.73. The van der Waals surface area contributed by atoms with Crippen LogP contribution in [0, 0.1) is 6.92 Å². The molecule has 5 heteroatoms. The minimum atomic E-state index is 0.518. The van der Waals surface area contributed by atoms with E-state index in [2.05, 4.69) is 4.98 Å². The van der Waals surface area contributed by atoms with Gasteiger partial charge >= 0.3 is 0 Å². The molecule has 0 aliphatic carbocycles. The van der Waals surface area contributed by atoms with Gasteiger partial charge in [-0.25, -0.2) is 4.98 Å². The van der Waals surface area contributed by atoms with Crippen LogP contribution in [0.2, 0.25) is 0 Å². The van der Waals surface area contributed by atoms with Gasteiger partial charge in [-0.1, -0.05) is 0 Å². The Labute approximate surface area is 111 Å². The van der Waals surface area contributed by atoms with E-state index in [1.165, 1.54) is 0 Å². The van der Waals surface area contributed by atoms with Crippen LogP contribution < -0.4 is 9.47 Å². The molecule has 1 heterocycles. The van der Waals surface area contributed by atoms with Crippen LogP contribution in [0.5, 0.6) is 11.5 Å². The van der Waals surface area contributed by atoms with Crippen molar-refractivity contribution in [3.8, 4) is 22.8 Å². The van der Waals surface area contributed by atoms with Crippen LogP contribution in [0.25, 0.3) is 11.3 Å². The number of benzene rings is 1. The van der Waals surface area contributed by atoms with Gasteiger partial charge < -0.3 is 14.0 Å². The van der Waals surface area contributed by atoms with Crippen molar-refractivity contribution >= 4 is 6.29 Å². The molecule has 2 rings (SSSR count). The number of aldehydes is 1. The largest absolute Gasteiger partial charge is 0.497 e. The number of carbonyl (C=O) groups is 1. The first-order valence-electron chi connectivity index (χ1n) is 5.83. The summed E-state index contributed by atoms with van der Waals surface area (Å²) >= 11 is 0. The SMILES string of the molecule is COc1ccc(OC)c(-c2nc(C)n(C)c2C=O)c1. The molecule has 0 radical (unpaired) electrons. The van der Waals surface area contributed by atoms with Crippen molar-refractivity contribution in [2.75, 3.05) is 14.2 Å². The molecule has 0 spiro atoms.